The number of pyridine rings is 1. The third-order valence-corrected chi connectivity index (χ3v) is 2.30. The molecule has 0 unspecified atom stereocenters. The summed E-state index contributed by atoms with van der Waals surface area (Å²) in [6.07, 6.45) is 2.62. The van der Waals surface area contributed by atoms with E-state index in [2.05, 4.69) is 4.98 Å². The van der Waals surface area contributed by atoms with Crippen LogP contribution < -0.4 is 5.73 Å². The summed E-state index contributed by atoms with van der Waals surface area (Å²) in [5.74, 6) is -3.04. The highest BCUT2D eigenvalue weighted by Gasteiger charge is 2.33. The van der Waals surface area contributed by atoms with Gasteiger partial charge >= 0.3 is 0 Å². The van der Waals surface area contributed by atoms with Crippen LogP contribution in [0.15, 0.2) is 48.8 Å². The number of aromatic nitrogens is 1. The molecule has 1 aromatic carbocycles. The molecule has 2 rings (SSSR count). The van der Waals surface area contributed by atoms with E-state index in [0.717, 1.165) is 6.20 Å². The summed E-state index contributed by atoms with van der Waals surface area (Å²) >= 11 is 0. The van der Waals surface area contributed by atoms with Gasteiger partial charge in [0.2, 0.25) is 0 Å². The monoisotopic (exact) mass is 220 g/mol. The van der Waals surface area contributed by atoms with Crippen LogP contribution in [-0.4, -0.2) is 4.98 Å². The molecule has 0 bridgehead atoms. The SMILES string of the molecule is Nc1ccc(C(F)(F)c2cccnc2)cc1. The molecule has 1 aromatic heterocycles. The van der Waals surface area contributed by atoms with Crippen molar-refractivity contribution in [1.82, 2.24) is 4.98 Å². The molecule has 0 aliphatic carbocycles. The molecule has 0 fully saturated rings. The number of anilines is 1. The number of alkyl halides is 2. The molecule has 0 atom stereocenters. The molecule has 0 aliphatic rings. The first-order valence-corrected chi connectivity index (χ1v) is 4.75. The molecule has 16 heavy (non-hydrogen) atoms. The molecular formula is C12H10F2N2. The van der Waals surface area contributed by atoms with Crippen LogP contribution in [0.4, 0.5) is 14.5 Å². The summed E-state index contributed by atoms with van der Waals surface area (Å²) in [5, 5.41) is 0. The van der Waals surface area contributed by atoms with Crippen molar-refractivity contribution in [2.75, 3.05) is 5.73 Å². The van der Waals surface area contributed by atoms with Gasteiger partial charge in [-0.05, 0) is 24.3 Å². The van der Waals surface area contributed by atoms with Gasteiger partial charge in [-0.1, -0.05) is 12.1 Å². The van der Waals surface area contributed by atoms with Crippen molar-refractivity contribution in [3.8, 4) is 0 Å². The Kier molecular flexibility index (Phi) is 2.56. The van der Waals surface area contributed by atoms with Gasteiger partial charge < -0.3 is 5.73 Å². The minimum absolute atomic E-state index is 0.0882. The van der Waals surface area contributed by atoms with E-state index in [0.29, 0.717) is 5.69 Å². The van der Waals surface area contributed by atoms with Gasteiger partial charge in [0, 0.05) is 29.2 Å². The van der Waals surface area contributed by atoms with Crippen molar-refractivity contribution in [2.24, 2.45) is 0 Å². The Balaban J connectivity index is 2.43. The highest BCUT2D eigenvalue weighted by atomic mass is 19.3. The normalized spacial score (nSPS) is 11.4. The van der Waals surface area contributed by atoms with E-state index in [1.165, 1.54) is 42.6 Å². The number of halogens is 2. The van der Waals surface area contributed by atoms with Crippen LogP contribution in [0.5, 0.6) is 0 Å². The van der Waals surface area contributed by atoms with Crippen molar-refractivity contribution in [3.63, 3.8) is 0 Å². The van der Waals surface area contributed by atoms with Gasteiger partial charge in [-0.15, -0.1) is 0 Å². The topological polar surface area (TPSA) is 38.9 Å². The van der Waals surface area contributed by atoms with Gasteiger partial charge in [0.15, 0.2) is 0 Å². The Labute approximate surface area is 91.7 Å². The first kappa shape index (κ1) is 10.5. The highest BCUT2D eigenvalue weighted by molar-refractivity contribution is 5.42. The lowest BCUT2D eigenvalue weighted by molar-refractivity contribution is 0.0425. The maximum Gasteiger partial charge on any atom is 0.299 e. The van der Waals surface area contributed by atoms with E-state index in [1.54, 1.807) is 0 Å². The smallest absolute Gasteiger partial charge is 0.299 e. The second kappa shape index (κ2) is 3.89. The maximum atomic E-state index is 13.9. The van der Waals surface area contributed by atoms with Gasteiger partial charge in [-0.25, -0.2) is 0 Å². The third kappa shape index (κ3) is 1.86. The lowest BCUT2D eigenvalue weighted by atomic mass is 10.0. The number of rotatable bonds is 2. The van der Waals surface area contributed by atoms with Gasteiger partial charge in [-0.2, -0.15) is 8.78 Å². The molecule has 82 valence electrons. The second-order valence-corrected chi connectivity index (χ2v) is 3.44. The van der Waals surface area contributed by atoms with Gasteiger partial charge in [-0.3, -0.25) is 4.98 Å². The molecular weight excluding hydrogens is 210 g/mol. The fourth-order valence-corrected chi connectivity index (χ4v) is 1.41. The number of nitrogen functional groups attached to an aromatic ring is 1. The molecule has 0 aliphatic heterocycles. The van der Waals surface area contributed by atoms with Gasteiger partial charge in [0.25, 0.3) is 5.92 Å². The van der Waals surface area contributed by atoms with Crippen LogP contribution in [0.3, 0.4) is 0 Å². The number of nitrogens with zero attached hydrogens (tertiary/aromatic N) is 1. The van der Waals surface area contributed by atoms with E-state index in [9.17, 15) is 8.78 Å². The largest absolute Gasteiger partial charge is 0.399 e. The number of benzene rings is 1. The summed E-state index contributed by atoms with van der Waals surface area (Å²) in [7, 11) is 0. The van der Waals surface area contributed by atoms with Crippen LogP contribution in [0.1, 0.15) is 11.1 Å². The van der Waals surface area contributed by atoms with Crippen molar-refractivity contribution in [3.05, 3.63) is 59.9 Å². The molecule has 2 aromatic rings. The summed E-state index contributed by atoms with van der Waals surface area (Å²) < 4.78 is 27.9. The Morgan fingerprint density at radius 3 is 2.25 bits per heavy atom. The van der Waals surface area contributed by atoms with Gasteiger partial charge in [0.1, 0.15) is 0 Å². The van der Waals surface area contributed by atoms with E-state index in [1.807, 2.05) is 0 Å². The molecule has 0 spiro atoms. The fourth-order valence-electron chi connectivity index (χ4n) is 1.41. The molecule has 2 nitrogen and oxygen atoms in total. The quantitative estimate of drug-likeness (QED) is 0.790. The van der Waals surface area contributed by atoms with E-state index >= 15 is 0 Å². The zero-order chi connectivity index (χ0) is 11.6. The Morgan fingerprint density at radius 2 is 1.69 bits per heavy atom. The third-order valence-electron chi connectivity index (χ3n) is 2.30. The van der Waals surface area contributed by atoms with E-state index < -0.39 is 5.92 Å². The zero-order valence-corrected chi connectivity index (χ0v) is 8.40. The van der Waals surface area contributed by atoms with Crippen LogP contribution in [0, 0.1) is 0 Å². The number of hydrogen-bond acceptors (Lipinski definition) is 2. The number of hydrogen-bond donors (Lipinski definition) is 1. The molecule has 0 amide bonds. The highest BCUT2D eigenvalue weighted by Crippen LogP contribution is 2.35. The maximum absolute atomic E-state index is 13.9. The molecule has 2 N–H and O–H groups in total. The van der Waals surface area contributed by atoms with Crippen molar-refractivity contribution in [1.29, 1.82) is 0 Å². The fraction of sp³-hybridized carbons (Fsp3) is 0.0833. The minimum atomic E-state index is -3.04. The predicted molar refractivity (Wildman–Crippen MR) is 58.1 cm³/mol. The van der Waals surface area contributed by atoms with E-state index in [-0.39, 0.29) is 11.1 Å². The lowest BCUT2D eigenvalue weighted by Crippen LogP contribution is -2.15. The predicted octanol–water partition coefficient (Wildman–Crippen LogP) is 2.80. The van der Waals surface area contributed by atoms with Crippen LogP contribution in [0.25, 0.3) is 0 Å². The van der Waals surface area contributed by atoms with Crippen LogP contribution in [-0.2, 0) is 5.92 Å². The standard InChI is InChI=1S/C12H10F2N2/c13-12(14,10-2-1-7-16-8-10)9-3-5-11(15)6-4-9/h1-8H,15H2. The van der Waals surface area contributed by atoms with Gasteiger partial charge in [0.05, 0.1) is 0 Å². The average molecular weight is 220 g/mol. The molecule has 4 heteroatoms. The second-order valence-electron chi connectivity index (χ2n) is 3.44. The first-order chi connectivity index (χ1) is 7.60. The van der Waals surface area contributed by atoms with Crippen LogP contribution >= 0.6 is 0 Å². The average Bonchev–Trinajstić information content (AvgIpc) is 2.31. The summed E-state index contributed by atoms with van der Waals surface area (Å²) in [6.45, 7) is 0. The summed E-state index contributed by atoms with van der Waals surface area (Å²) in [4.78, 5) is 3.69. The Morgan fingerprint density at radius 1 is 1.00 bits per heavy atom. The number of nitrogens with two attached hydrogens (primary N) is 1. The van der Waals surface area contributed by atoms with E-state index in [4.69, 9.17) is 5.73 Å². The van der Waals surface area contributed by atoms with Crippen molar-refractivity contribution in [2.45, 2.75) is 5.92 Å². The zero-order valence-electron chi connectivity index (χ0n) is 8.40. The Bertz CT molecular complexity index is 466. The summed E-state index contributed by atoms with van der Waals surface area (Å²) in [6, 6.07) is 8.40. The van der Waals surface area contributed by atoms with Crippen molar-refractivity contribution >= 4 is 5.69 Å². The lowest BCUT2D eigenvalue weighted by Gasteiger charge is -2.16. The van der Waals surface area contributed by atoms with Crippen LogP contribution in [0.2, 0.25) is 0 Å². The first-order valence-electron chi connectivity index (χ1n) is 4.75. The van der Waals surface area contributed by atoms with Crippen molar-refractivity contribution < 1.29 is 8.78 Å². The Hall–Kier alpha value is -1.97. The molecule has 1 heterocycles. The minimum Gasteiger partial charge on any atom is -0.399 e. The molecule has 0 saturated heterocycles. The molecule has 0 saturated carbocycles. The summed E-state index contributed by atoms with van der Waals surface area (Å²) in [5.41, 5.74) is 5.70. The molecule has 0 radical (unpaired) electrons.